The second-order valence-corrected chi connectivity index (χ2v) is 6.40. The minimum atomic E-state index is 0.743. The van der Waals surface area contributed by atoms with Gasteiger partial charge in [-0.25, -0.2) is 4.98 Å². The normalized spacial score (nSPS) is 29.1. The van der Waals surface area contributed by atoms with E-state index in [1.165, 1.54) is 34.5 Å². The fourth-order valence-electron chi connectivity index (χ4n) is 1.96. The Morgan fingerprint density at radius 2 is 2.08 bits per heavy atom. The van der Waals surface area contributed by atoms with Crippen molar-refractivity contribution in [1.29, 1.82) is 0 Å². The van der Waals surface area contributed by atoms with Gasteiger partial charge in [-0.1, -0.05) is 19.8 Å². The molecule has 1 saturated carbocycles. The molecule has 0 aliphatic heterocycles. The highest BCUT2D eigenvalue weighted by Gasteiger charge is 2.21. The smallest absolute Gasteiger partial charge is 0.0967 e. The highest BCUT2D eigenvalue weighted by molar-refractivity contribution is 9.11. The highest BCUT2D eigenvalue weighted by Crippen LogP contribution is 2.37. The van der Waals surface area contributed by atoms with Gasteiger partial charge in [0.15, 0.2) is 0 Å². The molecule has 1 aliphatic carbocycles. The van der Waals surface area contributed by atoms with Gasteiger partial charge in [-0.15, -0.1) is 11.3 Å². The molecule has 0 amide bonds. The van der Waals surface area contributed by atoms with E-state index in [0.29, 0.717) is 0 Å². The molecule has 0 unspecified atom stereocenters. The maximum Gasteiger partial charge on any atom is 0.0967 e. The van der Waals surface area contributed by atoms with Gasteiger partial charge in [-0.05, 0) is 34.7 Å². The molecule has 1 heterocycles. The molecule has 0 saturated heterocycles. The van der Waals surface area contributed by atoms with Crippen LogP contribution in [0.3, 0.4) is 0 Å². The van der Waals surface area contributed by atoms with E-state index in [9.17, 15) is 0 Å². The first-order chi connectivity index (χ1) is 6.25. The first kappa shape index (κ1) is 9.66. The highest BCUT2D eigenvalue weighted by atomic mass is 79.9. The van der Waals surface area contributed by atoms with Crippen molar-refractivity contribution in [2.45, 2.75) is 38.5 Å². The van der Waals surface area contributed by atoms with Crippen molar-refractivity contribution in [3.8, 4) is 0 Å². The van der Waals surface area contributed by atoms with Gasteiger partial charge in [-0.2, -0.15) is 0 Å². The van der Waals surface area contributed by atoms with Gasteiger partial charge in [0.1, 0.15) is 0 Å². The average Bonchev–Trinajstić information content (AvgIpc) is 2.53. The van der Waals surface area contributed by atoms with E-state index in [1.807, 2.05) is 6.20 Å². The van der Waals surface area contributed by atoms with Crippen molar-refractivity contribution in [3.05, 3.63) is 15.0 Å². The van der Waals surface area contributed by atoms with Crippen LogP contribution >= 0.6 is 27.3 Å². The molecule has 0 N–H and O–H groups in total. The summed E-state index contributed by atoms with van der Waals surface area (Å²) in [6, 6.07) is 0. The number of aromatic nitrogens is 1. The summed E-state index contributed by atoms with van der Waals surface area (Å²) in [5, 5.41) is 1.33. The number of halogens is 1. The summed E-state index contributed by atoms with van der Waals surface area (Å²) in [6.07, 6.45) is 7.35. The Hall–Kier alpha value is 0.110. The van der Waals surface area contributed by atoms with Crippen LogP contribution in [0.25, 0.3) is 0 Å². The molecule has 0 atom stereocenters. The Morgan fingerprint density at radius 3 is 2.62 bits per heavy atom. The van der Waals surface area contributed by atoms with Crippen molar-refractivity contribution >= 4 is 27.3 Å². The van der Waals surface area contributed by atoms with Crippen LogP contribution < -0.4 is 0 Å². The minimum Gasteiger partial charge on any atom is -0.248 e. The molecule has 0 spiro atoms. The number of nitrogens with zero attached hydrogens (tertiary/aromatic N) is 1. The van der Waals surface area contributed by atoms with Crippen LogP contribution in [0.5, 0.6) is 0 Å². The fraction of sp³-hybridized carbons (Fsp3) is 0.700. The number of hydrogen-bond acceptors (Lipinski definition) is 2. The zero-order valence-corrected chi connectivity index (χ0v) is 10.2. The molecule has 0 bridgehead atoms. The minimum absolute atomic E-state index is 0.743. The molecule has 13 heavy (non-hydrogen) atoms. The summed E-state index contributed by atoms with van der Waals surface area (Å²) in [5.74, 6) is 1.67. The Labute approximate surface area is 91.7 Å². The summed E-state index contributed by atoms with van der Waals surface area (Å²) in [5.41, 5.74) is 0. The third kappa shape index (κ3) is 2.32. The van der Waals surface area contributed by atoms with Crippen molar-refractivity contribution < 1.29 is 0 Å². The second kappa shape index (κ2) is 4.09. The Kier molecular flexibility index (Phi) is 3.04. The third-order valence-corrected chi connectivity index (χ3v) is 4.50. The molecular weight excluding hydrogens is 246 g/mol. The summed E-state index contributed by atoms with van der Waals surface area (Å²) in [6.45, 7) is 2.36. The maximum absolute atomic E-state index is 4.44. The predicted octanol–water partition coefficient (Wildman–Crippen LogP) is 4.20. The van der Waals surface area contributed by atoms with E-state index in [-0.39, 0.29) is 0 Å². The van der Waals surface area contributed by atoms with Crippen molar-refractivity contribution in [3.63, 3.8) is 0 Å². The van der Waals surface area contributed by atoms with Crippen LogP contribution in [-0.2, 0) is 0 Å². The summed E-state index contributed by atoms with van der Waals surface area (Å²) in [4.78, 5) is 4.44. The summed E-state index contributed by atoms with van der Waals surface area (Å²) < 4.78 is 1.17. The summed E-state index contributed by atoms with van der Waals surface area (Å²) in [7, 11) is 0. The number of thiazole rings is 1. The van der Waals surface area contributed by atoms with Gasteiger partial charge in [0.25, 0.3) is 0 Å². The van der Waals surface area contributed by atoms with Gasteiger partial charge in [0, 0.05) is 5.92 Å². The van der Waals surface area contributed by atoms with Crippen LogP contribution in [0.2, 0.25) is 0 Å². The topological polar surface area (TPSA) is 12.9 Å². The third-order valence-electron chi connectivity index (χ3n) is 2.86. The van der Waals surface area contributed by atoms with E-state index >= 15 is 0 Å². The van der Waals surface area contributed by atoms with E-state index < -0.39 is 0 Å². The van der Waals surface area contributed by atoms with Gasteiger partial charge < -0.3 is 0 Å². The number of rotatable bonds is 1. The molecule has 1 nitrogen and oxygen atoms in total. The SMILES string of the molecule is CC1CCC(c2ncc(Br)s2)CC1. The van der Waals surface area contributed by atoms with Crippen LogP contribution in [0.1, 0.15) is 43.5 Å². The molecule has 72 valence electrons. The molecular formula is C10H14BrNS. The van der Waals surface area contributed by atoms with Crippen LogP contribution in [-0.4, -0.2) is 4.98 Å². The first-order valence-electron chi connectivity index (χ1n) is 4.87. The standard InChI is InChI=1S/C10H14BrNS/c1-7-2-4-8(5-3-7)10-12-6-9(11)13-10/h6-8H,2-5H2,1H3. The van der Waals surface area contributed by atoms with E-state index in [4.69, 9.17) is 0 Å². The lowest BCUT2D eigenvalue weighted by molar-refractivity contribution is 0.347. The first-order valence-corrected chi connectivity index (χ1v) is 6.48. The lowest BCUT2D eigenvalue weighted by atomic mass is 9.83. The fourth-order valence-corrected chi connectivity index (χ4v) is 3.38. The largest absolute Gasteiger partial charge is 0.248 e. The average molecular weight is 260 g/mol. The molecule has 2 rings (SSSR count). The maximum atomic E-state index is 4.44. The monoisotopic (exact) mass is 259 g/mol. The lowest BCUT2D eigenvalue weighted by Gasteiger charge is -2.24. The second-order valence-electron chi connectivity index (χ2n) is 3.96. The molecule has 1 aromatic heterocycles. The number of hydrogen-bond donors (Lipinski definition) is 0. The zero-order chi connectivity index (χ0) is 9.26. The van der Waals surface area contributed by atoms with Gasteiger partial charge in [0.2, 0.25) is 0 Å². The van der Waals surface area contributed by atoms with E-state index in [0.717, 1.165) is 11.8 Å². The Balaban J connectivity index is 2.02. The van der Waals surface area contributed by atoms with Crippen molar-refractivity contribution in [2.75, 3.05) is 0 Å². The van der Waals surface area contributed by atoms with E-state index in [2.05, 4.69) is 27.8 Å². The summed E-state index contributed by atoms with van der Waals surface area (Å²) >= 11 is 5.27. The van der Waals surface area contributed by atoms with Crippen molar-refractivity contribution in [1.82, 2.24) is 4.98 Å². The Bertz CT molecular complexity index is 276. The molecule has 1 fully saturated rings. The van der Waals surface area contributed by atoms with E-state index in [1.54, 1.807) is 11.3 Å². The molecule has 0 aromatic carbocycles. The van der Waals surface area contributed by atoms with Crippen LogP contribution in [0.4, 0.5) is 0 Å². The Morgan fingerprint density at radius 1 is 1.38 bits per heavy atom. The van der Waals surface area contributed by atoms with Gasteiger partial charge >= 0.3 is 0 Å². The van der Waals surface area contributed by atoms with Crippen molar-refractivity contribution in [2.24, 2.45) is 5.92 Å². The molecule has 1 aliphatic rings. The van der Waals surface area contributed by atoms with Crippen LogP contribution in [0.15, 0.2) is 9.98 Å². The molecule has 3 heteroatoms. The quantitative estimate of drug-likeness (QED) is 0.737. The zero-order valence-electron chi connectivity index (χ0n) is 7.79. The lowest BCUT2D eigenvalue weighted by Crippen LogP contribution is -2.10. The van der Waals surface area contributed by atoms with Gasteiger partial charge in [-0.3, -0.25) is 0 Å². The molecule has 0 radical (unpaired) electrons. The molecule has 1 aromatic rings. The van der Waals surface area contributed by atoms with Crippen LogP contribution in [0, 0.1) is 5.92 Å². The van der Waals surface area contributed by atoms with Gasteiger partial charge in [0.05, 0.1) is 15.0 Å². The predicted molar refractivity (Wildman–Crippen MR) is 60.2 cm³/mol.